The highest BCUT2D eigenvalue weighted by molar-refractivity contribution is 5.81. The molecule has 112 valence electrons. The number of amides is 1. The molecule has 1 amide bonds. The SMILES string of the molecule is CC(C)C1CC(C)(C)NC(=O)C1C(C)(C)C(C)(C)C. The quantitative estimate of drug-likeness (QED) is 0.796. The Labute approximate surface area is 119 Å². The van der Waals surface area contributed by atoms with Gasteiger partial charge in [0.25, 0.3) is 0 Å². The molecule has 0 spiro atoms. The van der Waals surface area contributed by atoms with Gasteiger partial charge >= 0.3 is 0 Å². The molecule has 0 aromatic heterocycles. The van der Waals surface area contributed by atoms with E-state index in [1.165, 1.54) is 0 Å². The van der Waals surface area contributed by atoms with Crippen molar-refractivity contribution in [1.82, 2.24) is 5.32 Å². The normalized spacial score (nSPS) is 28.4. The molecule has 1 saturated heterocycles. The van der Waals surface area contributed by atoms with Crippen molar-refractivity contribution in [2.75, 3.05) is 0 Å². The highest BCUT2D eigenvalue weighted by atomic mass is 16.2. The smallest absolute Gasteiger partial charge is 0.224 e. The molecule has 0 aromatic carbocycles. The first-order valence-corrected chi connectivity index (χ1v) is 7.61. The summed E-state index contributed by atoms with van der Waals surface area (Å²) in [5.41, 5.74) is 0.0304. The second-order valence-corrected chi connectivity index (χ2v) is 8.93. The molecule has 2 unspecified atom stereocenters. The van der Waals surface area contributed by atoms with Crippen LogP contribution in [0.4, 0.5) is 0 Å². The molecular weight excluding hydrogens is 234 g/mol. The average molecular weight is 267 g/mol. The Morgan fingerprint density at radius 2 is 1.63 bits per heavy atom. The molecule has 0 aliphatic carbocycles. The Balaban J connectivity index is 3.20. The minimum atomic E-state index is -0.0729. The third-order valence-corrected chi connectivity index (χ3v) is 5.49. The predicted octanol–water partition coefficient (Wildman–Crippen LogP) is 4.25. The maximum absolute atomic E-state index is 12.7. The summed E-state index contributed by atoms with van der Waals surface area (Å²) in [4.78, 5) is 12.7. The molecule has 1 rings (SSSR count). The Morgan fingerprint density at radius 1 is 1.16 bits per heavy atom. The molecule has 2 heteroatoms. The summed E-state index contributed by atoms with van der Waals surface area (Å²) in [6.45, 7) is 20.0. The summed E-state index contributed by atoms with van der Waals surface area (Å²) < 4.78 is 0. The lowest BCUT2D eigenvalue weighted by atomic mass is 9.54. The average Bonchev–Trinajstić information content (AvgIpc) is 2.11. The lowest BCUT2D eigenvalue weighted by molar-refractivity contribution is -0.144. The van der Waals surface area contributed by atoms with Crippen LogP contribution in [0.2, 0.25) is 0 Å². The van der Waals surface area contributed by atoms with Crippen LogP contribution in [-0.4, -0.2) is 11.4 Å². The van der Waals surface area contributed by atoms with Gasteiger partial charge in [-0.15, -0.1) is 0 Å². The highest BCUT2D eigenvalue weighted by Gasteiger charge is 2.52. The monoisotopic (exact) mass is 267 g/mol. The summed E-state index contributed by atoms with van der Waals surface area (Å²) in [5.74, 6) is 1.34. The molecule has 19 heavy (non-hydrogen) atoms. The van der Waals surface area contributed by atoms with E-state index in [0.717, 1.165) is 6.42 Å². The van der Waals surface area contributed by atoms with E-state index in [4.69, 9.17) is 0 Å². The second kappa shape index (κ2) is 4.79. The summed E-state index contributed by atoms with van der Waals surface area (Å²) in [6, 6.07) is 0. The van der Waals surface area contributed by atoms with E-state index >= 15 is 0 Å². The fourth-order valence-electron chi connectivity index (χ4n) is 3.31. The molecule has 0 bridgehead atoms. The molecule has 2 atom stereocenters. The van der Waals surface area contributed by atoms with E-state index in [1.54, 1.807) is 0 Å². The standard InChI is InChI=1S/C17H33NO/c1-11(2)12-10-16(6,7)18-14(19)13(12)17(8,9)15(3,4)5/h11-13H,10H2,1-9H3,(H,18,19). The van der Waals surface area contributed by atoms with Crippen molar-refractivity contribution in [3.05, 3.63) is 0 Å². The van der Waals surface area contributed by atoms with Crippen LogP contribution in [-0.2, 0) is 4.79 Å². The van der Waals surface area contributed by atoms with Crippen molar-refractivity contribution in [3.8, 4) is 0 Å². The van der Waals surface area contributed by atoms with Crippen molar-refractivity contribution in [2.45, 2.75) is 74.3 Å². The van der Waals surface area contributed by atoms with E-state index in [2.05, 4.69) is 67.6 Å². The largest absolute Gasteiger partial charge is 0.351 e. The molecule has 1 aliphatic rings. The zero-order chi connectivity index (χ0) is 15.2. The molecule has 1 fully saturated rings. The second-order valence-electron chi connectivity index (χ2n) is 8.93. The van der Waals surface area contributed by atoms with Gasteiger partial charge in [0.2, 0.25) is 5.91 Å². The van der Waals surface area contributed by atoms with Gasteiger partial charge < -0.3 is 5.32 Å². The summed E-state index contributed by atoms with van der Waals surface area (Å²) in [5, 5.41) is 3.23. The molecule has 0 saturated carbocycles. The lowest BCUT2D eigenvalue weighted by Crippen LogP contribution is -2.60. The zero-order valence-corrected chi connectivity index (χ0v) is 14.3. The number of carbonyl (C=O) groups is 1. The summed E-state index contributed by atoms with van der Waals surface area (Å²) >= 11 is 0. The molecule has 2 nitrogen and oxygen atoms in total. The minimum Gasteiger partial charge on any atom is -0.351 e. The van der Waals surface area contributed by atoms with Gasteiger partial charge in [-0.2, -0.15) is 0 Å². The first kappa shape index (κ1) is 16.5. The van der Waals surface area contributed by atoms with Crippen LogP contribution < -0.4 is 5.32 Å². The van der Waals surface area contributed by atoms with Crippen LogP contribution in [0.25, 0.3) is 0 Å². The van der Waals surface area contributed by atoms with E-state index in [0.29, 0.717) is 11.8 Å². The van der Waals surface area contributed by atoms with Crippen LogP contribution in [0.5, 0.6) is 0 Å². The first-order chi connectivity index (χ1) is 8.29. The number of piperidine rings is 1. The number of hydrogen-bond acceptors (Lipinski definition) is 1. The Kier molecular flexibility index (Phi) is 4.16. The fraction of sp³-hybridized carbons (Fsp3) is 0.941. The van der Waals surface area contributed by atoms with Crippen LogP contribution in [0, 0.1) is 28.6 Å². The van der Waals surface area contributed by atoms with Gasteiger partial charge in [0, 0.05) is 11.5 Å². The minimum absolute atomic E-state index is 0.0114. The van der Waals surface area contributed by atoms with Crippen LogP contribution in [0.1, 0.15) is 68.7 Å². The van der Waals surface area contributed by atoms with Crippen LogP contribution >= 0.6 is 0 Å². The van der Waals surface area contributed by atoms with Gasteiger partial charge in [-0.1, -0.05) is 48.5 Å². The van der Waals surface area contributed by atoms with E-state index in [-0.39, 0.29) is 28.2 Å². The molecule has 1 aliphatic heterocycles. The molecule has 1 heterocycles. The third kappa shape index (κ3) is 3.14. The number of nitrogens with one attached hydrogen (secondary N) is 1. The maximum atomic E-state index is 12.7. The summed E-state index contributed by atoms with van der Waals surface area (Å²) in [6.07, 6.45) is 1.07. The molecule has 0 radical (unpaired) electrons. The third-order valence-electron chi connectivity index (χ3n) is 5.49. The van der Waals surface area contributed by atoms with Gasteiger partial charge in [0.05, 0.1) is 0 Å². The molecular formula is C17H33NO. The van der Waals surface area contributed by atoms with Crippen molar-refractivity contribution in [3.63, 3.8) is 0 Å². The van der Waals surface area contributed by atoms with Crippen LogP contribution in [0.3, 0.4) is 0 Å². The van der Waals surface area contributed by atoms with Gasteiger partial charge in [0.15, 0.2) is 0 Å². The van der Waals surface area contributed by atoms with Gasteiger partial charge in [-0.25, -0.2) is 0 Å². The Hall–Kier alpha value is -0.530. The predicted molar refractivity (Wildman–Crippen MR) is 81.9 cm³/mol. The van der Waals surface area contributed by atoms with Gasteiger partial charge in [-0.3, -0.25) is 4.79 Å². The number of carbonyl (C=O) groups excluding carboxylic acids is 1. The number of hydrogen-bond donors (Lipinski definition) is 1. The number of rotatable bonds is 2. The molecule has 1 N–H and O–H groups in total. The highest BCUT2D eigenvalue weighted by Crippen LogP contribution is 2.51. The summed E-state index contributed by atoms with van der Waals surface area (Å²) in [7, 11) is 0. The topological polar surface area (TPSA) is 29.1 Å². The van der Waals surface area contributed by atoms with Crippen molar-refractivity contribution in [1.29, 1.82) is 0 Å². The zero-order valence-electron chi connectivity index (χ0n) is 14.3. The molecule has 0 aromatic rings. The van der Waals surface area contributed by atoms with E-state index < -0.39 is 0 Å². The Morgan fingerprint density at radius 3 is 2.00 bits per heavy atom. The van der Waals surface area contributed by atoms with E-state index in [1.807, 2.05) is 0 Å². The first-order valence-electron chi connectivity index (χ1n) is 7.61. The van der Waals surface area contributed by atoms with Crippen molar-refractivity contribution in [2.24, 2.45) is 28.6 Å². The Bertz CT molecular complexity index is 347. The van der Waals surface area contributed by atoms with Gasteiger partial charge in [-0.05, 0) is 42.9 Å². The van der Waals surface area contributed by atoms with Crippen LogP contribution in [0.15, 0.2) is 0 Å². The lowest BCUT2D eigenvalue weighted by Gasteiger charge is -2.53. The fourth-order valence-corrected chi connectivity index (χ4v) is 3.31. The maximum Gasteiger partial charge on any atom is 0.224 e. The van der Waals surface area contributed by atoms with Crippen molar-refractivity contribution < 1.29 is 4.79 Å². The van der Waals surface area contributed by atoms with Gasteiger partial charge in [0.1, 0.15) is 0 Å². The van der Waals surface area contributed by atoms with E-state index in [9.17, 15) is 4.79 Å². The van der Waals surface area contributed by atoms with Crippen molar-refractivity contribution >= 4 is 5.91 Å².